The van der Waals surface area contributed by atoms with Gasteiger partial charge in [-0.1, -0.05) is 68.2 Å². The molecule has 0 amide bonds. The van der Waals surface area contributed by atoms with Crippen molar-refractivity contribution in [2.24, 2.45) is 41.4 Å². The predicted molar refractivity (Wildman–Crippen MR) is 121 cm³/mol. The summed E-state index contributed by atoms with van der Waals surface area (Å²) in [7, 11) is -3.66. The van der Waals surface area contributed by atoms with Crippen molar-refractivity contribution in [1.82, 2.24) is 0 Å². The van der Waals surface area contributed by atoms with Crippen LogP contribution in [0.4, 0.5) is 0 Å². The second-order valence-corrected chi connectivity index (χ2v) is 13.2. The third-order valence-electron chi connectivity index (χ3n) is 7.41. The Bertz CT molecular complexity index is 509. The second-order valence-electron chi connectivity index (χ2n) is 11.1. The molecule has 0 heterocycles. The van der Waals surface area contributed by atoms with Crippen LogP contribution >= 0.6 is 7.60 Å². The summed E-state index contributed by atoms with van der Waals surface area (Å²) in [6, 6.07) is 0. The molecule has 0 radical (unpaired) electrons. The maximum Gasteiger partial charge on any atom is 0.359 e. The van der Waals surface area contributed by atoms with Crippen LogP contribution in [-0.2, 0) is 13.6 Å². The minimum atomic E-state index is -3.66. The molecule has 2 saturated carbocycles. The molecule has 2 aliphatic rings. The molecule has 0 aromatic rings. The van der Waals surface area contributed by atoms with E-state index in [2.05, 4.69) is 41.5 Å². The highest BCUT2D eigenvalue weighted by Gasteiger charge is 2.46. The lowest BCUT2D eigenvalue weighted by Gasteiger charge is -2.43. The van der Waals surface area contributed by atoms with E-state index in [4.69, 9.17) is 9.05 Å². The topological polar surface area (TPSA) is 55.8 Å². The van der Waals surface area contributed by atoms with E-state index in [1.807, 2.05) is 13.8 Å². The smallest absolute Gasteiger partial charge is 0.359 e. The third-order valence-corrected chi connectivity index (χ3v) is 9.78. The largest absolute Gasteiger partial charge is 0.380 e. The van der Waals surface area contributed by atoms with Gasteiger partial charge in [-0.25, -0.2) is 0 Å². The quantitative estimate of drug-likeness (QED) is 0.417. The van der Waals surface area contributed by atoms with Crippen LogP contribution in [0.2, 0.25) is 0 Å². The van der Waals surface area contributed by atoms with E-state index in [1.54, 1.807) is 0 Å². The minimum absolute atomic E-state index is 0.100. The normalized spacial score (nSPS) is 37.1. The molecule has 0 saturated heterocycles. The molecule has 1 unspecified atom stereocenters. The molecule has 2 aliphatic carbocycles. The number of aliphatic hydroxyl groups excluding tert-OH is 1. The van der Waals surface area contributed by atoms with Crippen molar-refractivity contribution in [2.45, 2.75) is 112 Å². The van der Waals surface area contributed by atoms with Gasteiger partial charge in [0.1, 0.15) is 0 Å². The monoisotopic (exact) mass is 430 g/mol. The first kappa shape index (κ1) is 25.4. The van der Waals surface area contributed by atoms with Crippen LogP contribution in [-0.4, -0.2) is 23.2 Å². The Labute approximate surface area is 180 Å². The molecule has 2 fully saturated rings. The van der Waals surface area contributed by atoms with Gasteiger partial charge in [0.2, 0.25) is 0 Å². The molecule has 0 aromatic heterocycles. The van der Waals surface area contributed by atoms with Gasteiger partial charge in [0.15, 0.2) is 5.85 Å². The summed E-state index contributed by atoms with van der Waals surface area (Å²) in [5.41, 5.74) is 0. The summed E-state index contributed by atoms with van der Waals surface area (Å²) in [6.07, 6.45) is 6.16. The van der Waals surface area contributed by atoms with E-state index in [0.29, 0.717) is 35.5 Å². The lowest BCUT2D eigenvalue weighted by Crippen LogP contribution is -2.38. The van der Waals surface area contributed by atoms with Gasteiger partial charge >= 0.3 is 7.60 Å². The molecule has 172 valence electrons. The molecule has 4 nitrogen and oxygen atoms in total. The van der Waals surface area contributed by atoms with Crippen molar-refractivity contribution in [1.29, 1.82) is 0 Å². The van der Waals surface area contributed by atoms with Crippen LogP contribution < -0.4 is 0 Å². The lowest BCUT2D eigenvalue weighted by molar-refractivity contribution is -0.0186. The number of hydrogen-bond acceptors (Lipinski definition) is 4. The van der Waals surface area contributed by atoms with Gasteiger partial charge in [0.05, 0.1) is 12.2 Å². The molecule has 0 aromatic carbocycles. The highest BCUT2D eigenvalue weighted by atomic mass is 31.2. The summed E-state index contributed by atoms with van der Waals surface area (Å²) in [6.45, 7) is 17.2. The molecule has 2 rings (SSSR count). The maximum atomic E-state index is 14.1. The first-order valence-corrected chi connectivity index (χ1v) is 13.7. The molecule has 0 bridgehead atoms. The van der Waals surface area contributed by atoms with Crippen LogP contribution in [0, 0.1) is 41.4 Å². The fraction of sp³-hybridized carbons (Fsp3) is 1.00. The van der Waals surface area contributed by atoms with Crippen molar-refractivity contribution in [3.63, 3.8) is 0 Å². The summed E-state index contributed by atoms with van der Waals surface area (Å²) >= 11 is 0. The zero-order valence-corrected chi connectivity index (χ0v) is 21.0. The van der Waals surface area contributed by atoms with E-state index in [9.17, 15) is 9.67 Å². The summed E-state index contributed by atoms with van der Waals surface area (Å²) in [4.78, 5) is 0. The highest BCUT2D eigenvalue weighted by Crippen LogP contribution is 2.60. The van der Waals surface area contributed by atoms with Crippen LogP contribution in [0.15, 0.2) is 0 Å². The SMILES string of the molecule is CC(C)[C@H]1CC[C@@H](C)C[C@H]1OP(=O)(O[C@@H]1C[C@@H](C)CC[C@@H]1C(C)C)[C@H](O)C(C)C. The Hall–Kier alpha value is 0.110. The highest BCUT2D eigenvalue weighted by molar-refractivity contribution is 7.54. The van der Waals surface area contributed by atoms with Gasteiger partial charge in [0.25, 0.3) is 0 Å². The number of aliphatic hydroxyl groups is 1. The number of rotatable bonds is 8. The van der Waals surface area contributed by atoms with Crippen LogP contribution in [0.5, 0.6) is 0 Å². The molecule has 29 heavy (non-hydrogen) atoms. The van der Waals surface area contributed by atoms with E-state index < -0.39 is 13.4 Å². The third kappa shape index (κ3) is 6.55. The maximum absolute atomic E-state index is 14.1. The van der Waals surface area contributed by atoms with Crippen molar-refractivity contribution in [3.05, 3.63) is 0 Å². The van der Waals surface area contributed by atoms with Crippen molar-refractivity contribution < 1.29 is 18.7 Å². The molecule has 0 aliphatic heterocycles. The first-order valence-electron chi connectivity index (χ1n) is 12.1. The Morgan fingerprint density at radius 3 is 1.45 bits per heavy atom. The first-order chi connectivity index (χ1) is 13.4. The molecule has 0 spiro atoms. The predicted octanol–water partition coefficient (Wildman–Crippen LogP) is 7.11. The zero-order chi connectivity index (χ0) is 21.9. The fourth-order valence-corrected chi connectivity index (χ4v) is 7.63. The molecular weight excluding hydrogens is 383 g/mol. The Balaban J connectivity index is 2.28. The van der Waals surface area contributed by atoms with E-state index in [1.165, 1.54) is 12.8 Å². The molecule has 5 heteroatoms. The standard InChI is InChI=1S/C24H47O4P/c1-15(2)20-11-9-18(7)13-22(20)27-29(26,24(25)17(5)6)28-23-14-19(8)10-12-21(23)16(3)4/h15-25H,9-14H2,1-8H3/t18-,19+,20-,21-,22-,23-,24+,29?/m1/s1. The van der Waals surface area contributed by atoms with Gasteiger partial charge < -0.3 is 14.2 Å². The molecule has 8 atom stereocenters. The Kier molecular flexibility index (Phi) is 9.29. The van der Waals surface area contributed by atoms with Crippen molar-refractivity contribution in [3.8, 4) is 0 Å². The zero-order valence-electron chi connectivity index (χ0n) is 20.1. The van der Waals surface area contributed by atoms with Crippen molar-refractivity contribution in [2.75, 3.05) is 0 Å². The summed E-state index contributed by atoms with van der Waals surface area (Å²) in [5.74, 6) is 1.54. The van der Waals surface area contributed by atoms with Crippen LogP contribution in [0.3, 0.4) is 0 Å². The van der Waals surface area contributed by atoms with Gasteiger partial charge in [-0.3, -0.25) is 4.57 Å². The average Bonchev–Trinajstić information content (AvgIpc) is 2.60. The average molecular weight is 431 g/mol. The van der Waals surface area contributed by atoms with Gasteiger partial charge in [-0.05, 0) is 67.1 Å². The van der Waals surface area contributed by atoms with Gasteiger partial charge in [-0.2, -0.15) is 0 Å². The second kappa shape index (κ2) is 10.6. The van der Waals surface area contributed by atoms with Crippen LogP contribution in [0.25, 0.3) is 0 Å². The van der Waals surface area contributed by atoms with Gasteiger partial charge in [-0.15, -0.1) is 0 Å². The molecule has 1 N–H and O–H groups in total. The van der Waals surface area contributed by atoms with Crippen LogP contribution in [0.1, 0.15) is 93.9 Å². The molecular formula is C24H47O4P. The van der Waals surface area contributed by atoms with E-state index in [0.717, 1.165) is 25.7 Å². The van der Waals surface area contributed by atoms with E-state index in [-0.39, 0.29) is 18.1 Å². The Morgan fingerprint density at radius 1 is 0.759 bits per heavy atom. The number of hydrogen-bond donors (Lipinski definition) is 1. The Morgan fingerprint density at radius 2 is 1.14 bits per heavy atom. The van der Waals surface area contributed by atoms with E-state index >= 15 is 0 Å². The van der Waals surface area contributed by atoms with Gasteiger partial charge in [0, 0.05) is 0 Å². The lowest BCUT2D eigenvalue weighted by atomic mass is 9.75. The van der Waals surface area contributed by atoms with Crippen molar-refractivity contribution >= 4 is 7.60 Å². The summed E-state index contributed by atoms with van der Waals surface area (Å²) < 4.78 is 26.9. The minimum Gasteiger partial charge on any atom is -0.380 e. The summed E-state index contributed by atoms with van der Waals surface area (Å²) in [5, 5.41) is 11.0. The fourth-order valence-electron chi connectivity index (χ4n) is 5.36.